The van der Waals surface area contributed by atoms with E-state index in [9.17, 15) is 18.0 Å². The lowest BCUT2D eigenvalue weighted by atomic mass is 10.1. The fourth-order valence-corrected chi connectivity index (χ4v) is 4.73. The number of rotatable bonds is 9. The maximum atomic E-state index is 12.9. The molecule has 0 aliphatic heterocycles. The van der Waals surface area contributed by atoms with Gasteiger partial charge in [0.05, 0.1) is 22.7 Å². The molecule has 0 aliphatic carbocycles. The van der Waals surface area contributed by atoms with Gasteiger partial charge in [-0.3, -0.25) is 0 Å². The Hall–Kier alpha value is -3.07. The SMILES string of the molecule is CCOC(=O)C(C)(C)Oc1ccc(O[C@@H](CC)c2sc(-c3ccc(C(F)(F)F)cc3)nc2C)cc1C. The number of esters is 1. The smallest absolute Gasteiger partial charge is 0.416 e. The zero-order valence-electron chi connectivity index (χ0n) is 21.2. The van der Waals surface area contributed by atoms with Crippen LogP contribution in [0.15, 0.2) is 42.5 Å². The molecule has 0 saturated carbocycles. The number of benzene rings is 2. The van der Waals surface area contributed by atoms with Crippen LogP contribution in [0.3, 0.4) is 0 Å². The molecule has 0 unspecified atom stereocenters. The zero-order chi connectivity index (χ0) is 26.7. The van der Waals surface area contributed by atoms with Gasteiger partial charge < -0.3 is 14.2 Å². The first kappa shape index (κ1) is 27.5. The third-order valence-corrected chi connectivity index (χ3v) is 6.81. The van der Waals surface area contributed by atoms with E-state index >= 15 is 0 Å². The quantitative estimate of drug-likeness (QED) is 0.270. The van der Waals surface area contributed by atoms with Gasteiger partial charge in [0.25, 0.3) is 0 Å². The molecule has 36 heavy (non-hydrogen) atoms. The molecule has 0 spiro atoms. The Morgan fingerprint density at radius 1 is 1.06 bits per heavy atom. The van der Waals surface area contributed by atoms with Crippen LogP contribution in [0.1, 0.15) is 61.9 Å². The molecule has 0 saturated heterocycles. The third kappa shape index (κ3) is 6.37. The highest BCUT2D eigenvalue weighted by molar-refractivity contribution is 7.15. The average molecular weight is 522 g/mol. The van der Waals surface area contributed by atoms with Crippen molar-refractivity contribution in [2.45, 2.75) is 65.8 Å². The van der Waals surface area contributed by atoms with Crippen molar-refractivity contribution in [1.29, 1.82) is 0 Å². The highest BCUT2D eigenvalue weighted by atomic mass is 32.1. The normalized spacial score (nSPS) is 12.8. The molecule has 1 heterocycles. The van der Waals surface area contributed by atoms with Crippen LogP contribution >= 0.6 is 11.3 Å². The minimum Gasteiger partial charge on any atom is -0.485 e. The van der Waals surface area contributed by atoms with Gasteiger partial charge in [-0.1, -0.05) is 19.1 Å². The number of carbonyl (C=O) groups excluding carboxylic acids is 1. The van der Waals surface area contributed by atoms with Crippen molar-refractivity contribution >= 4 is 17.3 Å². The van der Waals surface area contributed by atoms with Gasteiger partial charge in [0.1, 0.15) is 22.6 Å². The fourth-order valence-electron chi connectivity index (χ4n) is 3.55. The molecule has 0 radical (unpaired) electrons. The Bertz CT molecular complexity index is 1200. The topological polar surface area (TPSA) is 57.7 Å². The molecule has 3 rings (SSSR count). The van der Waals surface area contributed by atoms with Crippen LogP contribution in [0.2, 0.25) is 0 Å². The summed E-state index contributed by atoms with van der Waals surface area (Å²) in [5.74, 6) is 0.733. The summed E-state index contributed by atoms with van der Waals surface area (Å²) in [4.78, 5) is 17.7. The molecular weight excluding hydrogens is 491 g/mol. The Morgan fingerprint density at radius 2 is 1.72 bits per heavy atom. The van der Waals surface area contributed by atoms with Gasteiger partial charge in [-0.05, 0) is 76.9 Å². The molecule has 0 N–H and O–H groups in total. The standard InChI is InChI=1S/C27H30F3NO4S/c1-7-21(23-17(4)31-24(36-23)18-9-11-19(12-10-18)27(28,29)30)34-20-13-14-22(16(3)15-20)35-26(5,6)25(32)33-8-2/h9-15,21H,7-8H2,1-6H3/t21-/m0/s1. The lowest BCUT2D eigenvalue weighted by Crippen LogP contribution is -2.39. The minimum absolute atomic E-state index is 0.271. The number of hydrogen-bond donors (Lipinski definition) is 0. The number of thiazole rings is 1. The summed E-state index contributed by atoms with van der Waals surface area (Å²) in [6, 6.07) is 10.4. The van der Waals surface area contributed by atoms with Crippen molar-refractivity contribution in [3.05, 3.63) is 64.2 Å². The number of carbonyl (C=O) groups is 1. The van der Waals surface area contributed by atoms with Crippen LogP contribution in [-0.2, 0) is 15.7 Å². The molecule has 2 aromatic carbocycles. The van der Waals surface area contributed by atoms with Crippen molar-refractivity contribution in [2.24, 2.45) is 0 Å². The van der Waals surface area contributed by atoms with Gasteiger partial charge in [0.15, 0.2) is 5.60 Å². The lowest BCUT2D eigenvalue weighted by molar-refractivity contribution is -0.158. The van der Waals surface area contributed by atoms with Gasteiger partial charge >= 0.3 is 12.1 Å². The summed E-state index contributed by atoms with van der Waals surface area (Å²) in [6.45, 7) is 11.1. The van der Waals surface area contributed by atoms with E-state index in [1.54, 1.807) is 32.9 Å². The average Bonchev–Trinajstić information content (AvgIpc) is 3.20. The second-order valence-electron chi connectivity index (χ2n) is 8.82. The Morgan fingerprint density at radius 3 is 2.28 bits per heavy atom. The molecule has 1 atom stereocenters. The zero-order valence-corrected chi connectivity index (χ0v) is 22.0. The largest absolute Gasteiger partial charge is 0.485 e. The van der Waals surface area contributed by atoms with Gasteiger partial charge in [-0.25, -0.2) is 9.78 Å². The maximum Gasteiger partial charge on any atom is 0.416 e. The van der Waals surface area contributed by atoms with E-state index in [0.29, 0.717) is 28.5 Å². The molecule has 0 fully saturated rings. The number of hydrogen-bond acceptors (Lipinski definition) is 6. The van der Waals surface area contributed by atoms with Crippen molar-refractivity contribution in [3.63, 3.8) is 0 Å². The van der Waals surface area contributed by atoms with E-state index in [-0.39, 0.29) is 12.7 Å². The molecule has 0 bridgehead atoms. The Balaban J connectivity index is 1.78. The second kappa shape index (κ2) is 10.9. The number of aromatic nitrogens is 1. The fraction of sp³-hybridized carbons (Fsp3) is 0.407. The molecule has 194 valence electrons. The Kier molecular flexibility index (Phi) is 8.33. The first-order chi connectivity index (χ1) is 16.9. The summed E-state index contributed by atoms with van der Waals surface area (Å²) < 4.78 is 55.9. The molecule has 5 nitrogen and oxygen atoms in total. The highest BCUT2D eigenvalue weighted by Crippen LogP contribution is 2.38. The third-order valence-electron chi connectivity index (χ3n) is 5.51. The first-order valence-electron chi connectivity index (χ1n) is 11.6. The maximum absolute atomic E-state index is 12.9. The number of nitrogens with zero attached hydrogens (tertiary/aromatic N) is 1. The van der Waals surface area contributed by atoms with E-state index < -0.39 is 23.3 Å². The van der Waals surface area contributed by atoms with E-state index in [0.717, 1.165) is 28.3 Å². The second-order valence-corrected chi connectivity index (χ2v) is 9.85. The van der Waals surface area contributed by atoms with Crippen LogP contribution in [0.4, 0.5) is 13.2 Å². The van der Waals surface area contributed by atoms with Crippen LogP contribution in [-0.4, -0.2) is 23.2 Å². The summed E-state index contributed by atoms with van der Waals surface area (Å²) in [7, 11) is 0. The van der Waals surface area contributed by atoms with Crippen molar-refractivity contribution < 1.29 is 32.2 Å². The minimum atomic E-state index is -4.38. The highest BCUT2D eigenvalue weighted by Gasteiger charge is 2.32. The summed E-state index contributed by atoms with van der Waals surface area (Å²) in [6.07, 6.45) is -3.99. The van der Waals surface area contributed by atoms with Gasteiger partial charge in [0, 0.05) is 5.56 Å². The van der Waals surface area contributed by atoms with Crippen molar-refractivity contribution in [3.8, 4) is 22.1 Å². The summed E-state index contributed by atoms with van der Waals surface area (Å²) >= 11 is 1.41. The molecule has 3 aromatic rings. The van der Waals surface area contributed by atoms with E-state index in [4.69, 9.17) is 14.2 Å². The number of ether oxygens (including phenoxy) is 3. The molecule has 0 amide bonds. The Labute approximate surface area is 213 Å². The van der Waals surface area contributed by atoms with Crippen molar-refractivity contribution in [2.75, 3.05) is 6.61 Å². The number of halogens is 3. The predicted molar refractivity (Wildman–Crippen MR) is 133 cm³/mol. The number of aryl methyl sites for hydroxylation is 2. The van der Waals surface area contributed by atoms with Gasteiger partial charge in [-0.15, -0.1) is 11.3 Å². The number of alkyl halides is 3. The lowest BCUT2D eigenvalue weighted by Gasteiger charge is -2.25. The van der Waals surface area contributed by atoms with E-state index in [1.807, 2.05) is 26.8 Å². The molecule has 1 aromatic heterocycles. The summed E-state index contributed by atoms with van der Waals surface area (Å²) in [5.41, 5.74) is 0.367. The van der Waals surface area contributed by atoms with E-state index in [1.165, 1.54) is 23.5 Å². The first-order valence-corrected chi connectivity index (χ1v) is 12.5. The van der Waals surface area contributed by atoms with Gasteiger partial charge in [-0.2, -0.15) is 13.2 Å². The van der Waals surface area contributed by atoms with Crippen LogP contribution < -0.4 is 9.47 Å². The van der Waals surface area contributed by atoms with Crippen LogP contribution in [0.5, 0.6) is 11.5 Å². The molecule has 9 heteroatoms. The van der Waals surface area contributed by atoms with Crippen LogP contribution in [0, 0.1) is 13.8 Å². The molecule has 0 aliphatic rings. The van der Waals surface area contributed by atoms with Crippen molar-refractivity contribution in [1.82, 2.24) is 4.98 Å². The monoisotopic (exact) mass is 521 g/mol. The van der Waals surface area contributed by atoms with Crippen LogP contribution in [0.25, 0.3) is 10.6 Å². The summed E-state index contributed by atoms with van der Waals surface area (Å²) in [5, 5.41) is 0.638. The molecular formula is C27H30F3NO4S. The predicted octanol–water partition coefficient (Wildman–Crippen LogP) is 7.70. The van der Waals surface area contributed by atoms with Gasteiger partial charge in [0.2, 0.25) is 0 Å². The van der Waals surface area contributed by atoms with E-state index in [2.05, 4.69) is 4.98 Å².